The minimum absolute atomic E-state index is 0.0462. The second kappa shape index (κ2) is 6.53. The topological polar surface area (TPSA) is 47.3 Å². The van der Waals surface area contributed by atoms with Crippen molar-refractivity contribution in [3.8, 4) is 11.3 Å². The molecule has 2 rings (SSSR count). The summed E-state index contributed by atoms with van der Waals surface area (Å²) in [6, 6.07) is 1.95. The van der Waals surface area contributed by atoms with Gasteiger partial charge in [-0.15, -0.1) is 0 Å². The Hall–Kier alpha value is -1.86. The van der Waals surface area contributed by atoms with Gasteiger partial charge < -0.3 is 14.5 Å². The Morgan fingerprint density at radius 2 is 2.05 bits per heavy atom. The molecule has 0 saturated carbocycles. The zero-order valence-electron chi connectivity index (χ0n) is 10.8. The maximum Gasteiger partial charge on any atom is 0.208 e. The van der Waals surface area contributed by atoms with Crippen LogP contribution in [0.15, 0.2) is 22.7 Å². The molecule has 108 valence electrons. The highest BCUT2D eigenvalue weighted by Gasteiger charge is 2.17. The van der Waals surface area contributed by atoms with Crippen LogP contribution in [-0.4, -0.2) is 25.2 Å². The Bertz CT molecular complexity index is 587. The van der Waals surface area contributed by atoms with Crippen LogP contribution >= 0.6 is 0 Å². The predicted molar refractivity (Wildman–Crippen MR) is 65.4 cm³/mol. The van der Waals surface area contributed by atoms with Crippen molar-refractivity contribution in [3.63, 3.8) is 0 Å². The molecule has 1 aromatic carbocycles. The molecule has 2 aromatic rings. The lowest BCUT2D eigenvalue weighted by molar-refractivity contribution is 0.198. The van der Waals surface area contributed by atoms with E-state index in [4.69, 9.17) is 9.15 Å². The molecule has 0 amide bonds. The Balaban J connectivity index is 2.11. The van der Waals surface area contributed by atoms with Crippen LogP contribution in [0.4, 0.5) is 13.2 Å². The number of methoxy groups -OCH3 is 1. The zero-order chi connectivity index (χ0) is 14.5. The third-order valence-electron chi connectivity index (χ3n) is 2.61. The van der Waals surface area contributed by atoms with Crippen LogP contribution in [0, 0.1) is 17.5 Å². The Kier molecular flexibility index (Phi) is 4.75. The average molecular weight is 286 g/mol. The fourth-order valence-electron chi connectivity index (χ4n) is 1.60. The number of aromatic nitrogens is 1. The van der Waals surface area contributed by atoms with Crippen molar-refractivity contribution in [1.29, 1.82) is 0 Å². The van der Waals surface area contributed by atoms with E-state index in [0.717, 1.165) is 12.1 Å². The fourth-order valence-corrected chi connectivity index (χ4v) is 1.60. The van der Waals surface area contributed by atoms with E-state index in [1.165, 1.54) is 6.20 Å². The van der Waals surface area contributed by atoms with Gasteiger partial charge in [0, 0.05) is 13.7 Å². The number of hydrogen-bond acceptors (Lipinski definition) is 4. The summed E-state index contributed by atoms with van der Waals surface area (Å²) in [5.41, 5.74) is -0.167. The normalized spacial score (nSPS) is 11.0. The summed E-state index contributed by atoms with van der Waals surface area (Å²) in [5, 5.41) is 2.99. The summed E-state index contributed by atoms with van der Waals surface area (Å²) in [6.45, 7) is 1.47. The molecule has 0 fully saturated rings. The molecule has 0 atom stereocenters. The number of hydrogen-bond donors (Lipinski definition) is 1. The standard InChI is InChI=1S/C13H13F3N2O2/c1-19-5-4-17-7-11-18-6-10(20-11)8-2-3-9(14)13(16)12(8)15/h2-3,6,17H,4-5,7H2,1H3. The predicted octanol–water partition coefficient (Wildman–Crippen LogP) is 2.49. The van der Waals surface area contributed by atoms with E-state index in [1.807, 2.05) is 0 Å². The molecule has 20 heavy (non-hydrogen) atoms. The molecule has 7 heteroatoms. The lowest BCUT2D eigenvalue weighted by Crippen LogP contribution is -2.18. The summed E-state index contributed by atoms with van der Waals surface area (Å²) >= 11 is 0. The minimum Gasteiger partial charge on any atom is -0.439 e. The number of benzene rings is 1. The Morgan fingerprint density at radius 3 is 2.80 bits per heavy atom. The lowest BCUT2D eigenvalue weighted by Gasteiger charge is -2.02. The molecular formula is C13H13F3N2O2. The van der Waals surface area contributed by atoms with Crippen LogP contribution in [0.1, 0.15) is 5.89 Å². The molecule has 1 aromatic heterocycles. The van der Waals surface area contributed by atoms with Crippen molar-refractivity contribution >= 4 is 0 Å². The zero-order valence-corrected chi connectivity index (χ0v) is 10.8. The summed E-state index contributed by atoms with van der Waals surface area (Å²) < 4.78 is 49.7. The SMILES string of the molecule is COCCNCc1ncc(-c2ccc(F)c(F)c2F)o1. The van der Waals surface area contributed by atoms with Crippen molar-refractivity contribution in [2.75, 3.05) is 20.3 Å². The first-order valence-corrected chi connectivity index (χ1v) is 5.91. The molecule has 0 aliphatic heterocycles. The highest BCUT2D eigenvalue weighted by Crippen LogP contribution is 2.26. The van der Waals surface area contributed by atoms with Crippen LogP contribution < -0.4 is 5.32 Å². The first kappa shape index (κ1) is 14.5. The number of oxazole rings is 1. The summed E-state index contributed by atoms with van der Waals surface area (Å²) in [5.74, 6) is -3.70. The first-order chi connectivity index (χ1) is 9.63. The van der Waals surface area contributed by atoms with Gasteiger partial charge in [0.05, 0.1) is 24.9 Å². The van der Waals surface area contributed by atoms with Gasteiger partial charge in [-0.3, -0.25) is 0 Å². The van der Waals surface area contributed by atoms with Gasteiger partial charge in [-0.2, -0.15) is 0 Å². The Labute approximate surface area is 113 Å². The quantitative estimate of drug-likeness (QED) is 0.654. The van der Waals surface area contributed by atoms with Crippen LogP contribution in [-0.2, 0) is 11.3 Å². The van der Waals surface area contributed by atoms with E-state index < -0.39 is 17.5 Å². The van der Waals surface area contributed by atoms with Crippen molar-refractivity contribution in [2.45, 2.75) is 6.54 Å². The highest BCUT2D eigenvalue weighted by molar-refractivity contribution is 5.57. The molecule has 0 unspecified atom stereocenters. The van der Waals surface area contributed by atoms with Gasteiger partial charge in [-0.05, 0) is 12.1 Å². The molecular weight excluding hydrogens is 273 g/mol. The number of nitrogens with one attached hydrogen (secondary N) is 1. The van der Waals surface area contributed by atoms with Crippen LogP contribution in [0.25, 0.3) is 11.3 Å². The van der Waals surface area contributed by atoms with Crippen molar-refractivity contribution in [3.05, 3.63) is 41.7 Å². The van der Waals surface area contributed by atoms with Gasteiger partial charge in [0.1, 0.15) is 0 Å². The van der Waals surface area contributed by atoms with E-state index in [2.05, 4.69) is 10.3 Å². The van der Waals surface area contributed by atoms with Gasteiger partial charge >= 0.3 is 0 Å². The largest absolute Gasteiger partial charge is 0.439 e. The van der Waals surface area contributed by atoms with Gasteiger partial charge in [0.25, 0.3) is 0 Å². The van der Waals surface area contributed by atoms with Crippen LogP contribution in [0.5, 0.6) is 0 Å². The maximum absolute atomic E-state index is 13.6. The van der Waals surface area contributed by atoms with Gasteiger partial charge in [-0.25, -0.2) is 18.2 Å². The molecule has 1 N–H and O–H groups in total. The Morgan fingerprint density at radius 1 is 1.25 bits per heavy atom. The van der Waals surface area contributed by atoms with Gasteiger partial charge in [0.15, 0.2) is 23.2 Å². The molecule has 0 spiro atoms. The van der Waals surface area contributed by atoms with Crippen molar-refractivity contribution < 1.29 is 22.3 Å². The lowest BCUT2D eigenvalue weighted by atomic mass is 10.1. The van der Waals surface area contributed by atoms with Gasteiger partial charge in [-0.1, -0.05) is 0 Å². The fraction of sp³-hybridized carbons (Fsp3) is 0.308. The summed E-state index contributed by atoms with van der Waals surface area (Å²) in [4.78, 5) is 3.93. The third-order valence-corrected chi connectivity index (χ3v) is 2.61. The summed E-state index contributed by atoms with van der Waals surface area (Å²) in [6.07, 6.45) is 1.27. The number of halogens is 3. The van der Waals surface area contributed by atoms with E-state index in [1.54, 1.807) is 7.11 Å². The molecule has 0 aliphatic carbocycles. The minimum atomic E-state index is -1.53. The maximum atomic E-state index is 13.6. The molecule has 4 nitrogen and oxygen atoms in total. The van der Waals surface area contributed by atoms with Crippen molar-refractivity contribution in [2.24, 2.45) is 0 Å². The van der Waals surface area contributed by atoms with E-state index in [9.17, 15) is 13.2 Å². The van der Waals surface area contributed by atoms with E-state index >= 15 is 0 Å². The number of rotatable bonds is 6. The number of nitrogens with zero attached hydrogens (tertiary/aromatic N) is 1. The first-order valence-electron chi connectivity index (χ1n) is 5.91. The smallest absolute Gasteiger partial charge is 0.208 e. The highest BCUT2D eigenvalue weighted by atomic mass is 19.2. The molecule has 0 radical (unpaired) electrons. The molecule has 0 aliphatic rings. The third kappa shape index (κ3) is 3.17. The monoisotopic (exact) mass is 286 g/mol. The average Bonchev–Trinajstić information content (AvgIpc) is 2.90. The van der Waals surface area contributed by atoms with E-state index in [0.29, 0.717) is 25.6 Å². The second-order valence-electron chi connectivity index (χ2n) is 4.01. The molecule has 0 bridgehead atoms. The molecule has 1 heterocycles. The van der Waals surface area contributed by atoms with E-state index in [-0.39, 0.29) is 11.3 Å². The summed E-state index contributed by atoms with van der Waals surface area (Å²) in [7, 11) is 1.58. The molecule has 0 saturated heterocycles. The van der Waals surface area contributed by atoms with Crippen molar-refractivity contribution in [1.82, 2.24) is 10.3 Å². The van der Waals surface area contributed by atoms with Crippen LogP contribution in [0.2, 0.25) is 0 Å². The number of ether oxygens (including phenoxy) is 1. The second-order valence-corrected chi connectivity index (χ2v) is 4.01. The van der Waals surface area contributed by atoms with Crippen LogP contribution in [0.3, 0.4) is 0 Å². The van der Waals surface area contributed by atoms with Gasteiger partial charge in [0.2, 0.25) is 5.89 Å².